The van der Waals surface area contributed by atoms with Gasteiger partial charge in [0, 0.05) is 62.3 Å². The fourth-order valence-corrected chi connectivity index (χ4v) is 4.05. The quantitative estimate of drug-likeness (QED) is 0.771. The maximum atomic E-state index is 6.09. The molecule has 4 rings (SSSR count). The number of aromatic nitrogens is 3. The third-order valence-corrected chi connectivity index (χ3v) is 5.28. The molecule has 0 aliphatic carbocycles. The van der Waals surface area contributed by atoms with E-state index in [0.717, 1.165) is 37.4 Å². The Labute approximate surface area is 154 Å². The van der Waals surface area contributed by atoms with Gasteiger partial charge in [0.1, 0.15) is 0 Å². The fourth-order valence-electron chi connectivity index (χ4n) is 4.05. The Balaban J connectivity index is 1.55. The smallest absolute Gasteiger partial charge is 0.0983 e. The molecule has 0 bridgehead atoms. The van der Waals surface area contributed by atoms with Crippen LogP contribution in [0.1, 0.15) is 17.0 Å². The second-order valence-corrected chi connectivity index (χ2v) is 7.13. The largest absolute Gasteiger partial charge is 0.330 e. The molecular weight excluding hydrogens is 322 g/mol. The molecule has 0 spiro atoms. The van der Waals surface area contributed by atoms with E-state index in [1.807, 2.05) is 24.0 Å². The van der Waals surface area contributed by atoms with E-state index in [2.05, 4.69) is 57.6 Å². The van der Waals surface area contributed by atoms with Gasteiger partial charge in [-0.25, -0.2) is 0 Å². The Morgan fingerprint density at radius 3 is 2.69 bits per heavy atom. The van der Waals surface area contributed by atoms with Crippen LogP contribution in [0, 0.1) is 5.92 Å². The van der Waals surface area contributed by atoms with Crippen LogP contribution in [0.25, 0.3) is 11.3 Å². The Kier molecular flexibility index (Phi) is 4.82. The highest BCUT2D eigenvalue weighted by Gasteiger charge is 2.33. The number of rotatable bonds is 5. The monoisotopic (exact) mass is 347 g/mol. The van der Waals surface area contributed by atoms with Crippen molar-refractivity contribution in [2.75, 3.05) is 19.6 Å². The van der Waals surface area contributed by atoms with E-state index in [9.17, 15) is 0 Å². The highest BCUT2D eigenvalue weighted by Crippen LogP contribution is 2.33. The van der Waals surface area contributed by atoms with Gasteiger partial charge in [0.15, 0.2) is 0 Å². The van der Waals surface area contributed by atoms with Crippen LogP contribution in [0.3, 0.4) is 0 Å². The summed E-state index contributed by atoms with van der Waals surface area (Å²) in [4.78, 5) is 6.75. The van der Waals surface area contributed by atoms with Gasteiger partial charge in [-0.3, -0.25) is 14.6 Å². The summed E-state index contributed by atoms with van der Waals surface area (Å²) in [6, 6.07) is 14.8. The van der Waals surface area contributed by atoms with E-state index in [-0.39, 0.29) is 0 Å². The molecule has 26 heavy (non-hydrogen) atoms. The van der Waals surface area contributed by atoms with Crippen LogP contribution >= 0.6 is 0 Å². The molecule has 2 aromatic heterocycles. The average molecular weight is 347 g/mol. The molecule has 1 aromatic carbocycles. The predicted octanol–water partition coefficient (Wildman–Crippen LogP) is 2.66. The summed E-state index contributed by atoms with van der Waals surface area (Å²) in [7, 11) is 1.98. The van der Waals surface area contributed by atoms with E-state index >= 15 is 0 Å². The maximum Gasteiger partial charge on any atom is 0.0983 e. The van der Waals surface area contributed by atoms with Gasteiger partial charge in [-0.05, 0) is 30.2 Å². The van der Waals surface area contributed by atoms with Gasteiger partial charge in [-0.1, -0.05) is 30.3 Å². The van der Waals surface area contributed by atoms with Gasteiger partial charge in [0.2, 0.25) is 0 Å². The Morgan fingerprint density at radius 1 is 1.12 bits per heavy atom. The van der Waals surface area contributed by atoms with Crippen molar-refractivity contribution in [1.82, 2.24) is 19.7 Å². The summed E-state index contributed by atoms with van der Waals surface area (Å²) in [5.74, 6) is 0.996. The average Bonchev–Trinajstić information content (AvgIpc) is 3.26. The van der Waals surface area contributed by atoms with Crippen LogP contribution < -0.4 is 5.73 Å². The molecule has 1 saturated heterocycles. The van der Waals surface area contributed by atoms with Gasteiger partial charge in [-0.15, -0.1) is 0 Å². The molecule has 1 fully saturated rings. The van der Waals surface area contributed by atoms with Crippen LogP contribution in [0.4, 0.5) is 0 Å². The SMILES string of the molecule is Cn1cc(CN2C[C@@H](CN)[C@H](c3ccccc3)C2)c(-c2cccnc2)n1. The molecule has 3 heterocycles. The zero-order valence-corrected chi connectivity index (χ0v) is 15.1. The van der Waals surface area contributed by atoms with Crippen molar-refractivity contribution >= 4 is 0 Å². The fraction of sp³-hybridized carbons (Fsp3) is 0.333. The summed E-state index contributed by atoms with van der Waals surface area (Å²) >= 11 is 0. The third-order valence-electron chi connectivity index (χ3n) is 5.28. The van der Waals surface area contributed by atoms with Gasteiger partial charge >= 0.3 is 0 Å². The van der Waals surface area contributed by atoms with Gasteiger partial charge in [0.25, 0.3) is 0 Å². The zero-order chi connectivity index (χ0) is 17.9. The van der Waals surface area contributed by atoms with E-state index in [4.69, 9.17) is 5.73 Å². The van der Waals surface area contributed by atoms with Gasteiger partial charge < -0.3 is 5.73 Å². The second-order valence-electron chi connectivity index (χ2n) is 7.13. The molecule has 2 N–H and O–H groups in total. The van der Waals surface area contributed by atoms with Crippen molar-refractivity contribution in [2.45, 2.75) is 12.5 Å². The molecule has 0 saturated carbocycles. The summed E-state index contributed by atoms with van der Waals surface area (Å²) in [5.41, 5.74) is 10.8. The predicted molar refractivity (Wildman–Crippen MR) is 103 cm³/mol. The minimum Gasteiger partial charge on any atom is -0.330 e. The van der Waals surface area contributed by atoms with Crippen LogP contribution in [-0.4, -0.2) is 39.3 Å². The minimum absolute atomic E-state index is 0.496. The van der Waals surface area contributed by atoms with Crippen molar-refractivity contribution in [3.05, 3.63) is 72.2 Å². The Bertz CT molecular complexity index is 843. The van der Waals surface area contributed by atoms with Crippen LogP contribution in [0.15, 0.2) is 61.1 Å². The first-order chi connectivity index (χ1) is 12.7. The van der Waals surface area contributed by atoms with Crippen LogP contribution in [0.5, 0.6) is 0 Å². The number of nitrogens with zero attached hydrogens (tertiary/aromatic N) is 4. The molecule has 3 aromatic rings. The Hall–Kier alpha value is -2.50. The molecular formula is C21H25N5. The summed E-state index contributed by atoms with van der Waals surface area (Å²) in [6.07, 6.45) is 5.80. The van der Waals surface area contributed by atoms with Crippen molar-refractivity contribution < 1.29 is 0 Å². The standard InChI is InChI=1S/C21H25N5/c1-25-12-19(21(24-25)17-8-5-9-23-11-17)14-26-13-18(10-22)20(15-26)16-6-3-2-4-7-16/h2-9,11-12,18,20H,10,13-15,22H2,1H3/t18-,20+/m1/s1. The van der Waals surface area contributed by atoms with Crippen molar-refractivity contribution in [3.8, 4) is 11.3 Å². The first-order valence-corrected chi connectivity index (χ1v) is 9.15. The lowest BCUT2D eigenvalue weighted by molar-refractivity contribution is 0.317. The molecule has 1 aliphatic rings. The highest BCUT2D eigenvalue weighted by molar-refractivity contribution is 5.61. The molecule has 5 nitrogen and oxygen atoms in total. The number of aryl methyl sites for hydroxylation is 1. The molecule has 0 amide bonds. The Morgan fingerprint density at radius 2 is 1.96 bits per heavy atom. The first kappa shape index (κ1) is 16.9. The topological polar surface area (TPSA) is 60.0 Å². The normalized spacial score (nSPS) is 20.5. The lowest BCUT2D eigenvalue weighted by Crippen LogP contribution is -2.23. The number of nitrogens with two attached hydrogens (primary N) is 1. The molecule has 2 atom stereocenters. The lowest BCUT2D eigenvalue weighted by atomic mass is 9.89. The molecule has 5 heteroatoms. The van der Waals surface area contributed by atoms with Gasteiger partial charge in [-0.2, -0.15) is 5.10 Å². The summed E-state index contributed by atoms with van der Waals surface area (Å²) < 4.78 is 1.89. The van der Waals surface area contributed by atoms with E-state index in [0.29, 0.717) is 11.8 Å². The first-order valence-electron chi connectivity index (χ1n) is 9.15. The number of hydrogen-bond acceptors (Lipinski definition) is 4. The van der Waals surface area contributed by atoms with Crippen molar-refractivity contribution in [1.29, 1.82) is 0 Å². The highest BCUT2D eigenvalue weighted by atomic mass is 15.3. The van der Waals surface area contributed by atoms with Crippen molar-refractivity contribution in [3.63, 3.8) is 0 Å². The minimum atomic E-state index is 0.496. The van der Waals surface area contributed by atoms with E-state index < -0.39 is 0 Å². The molecule has 0 radical (unpaired) electrons. The van der Waals surface area contributed by atoms with E-state index in [1.54, 1.807) is 6.20 Å². The summed E-state index contributed by atoms with van der Waals surface area (Å²) in [6.45, 7) is 3.67. The second kappa shape index (κ2) is 7.40. The maximum absolute atomic E-state index is 6.09. The molecule has 0 unspecified atom stereocenters. The number of likely N-dealkylation sites (tertiary alicyclic amines) is 1. The molecule has 134 valence electrons. The zero-order valence-electron chi connectivity index (χ0n) is 15.1. The third kappa shape index (κ3) is 3.41. The van der Waals surface area contributed by atoms with Crippen molar-refractivity contribution in [2.24, 2.45) is 18.7 Å². The molecule has 1 aliphatic heterocycles. The number of hydrogen-bond donors (Lipinski definition) is 1. The van der Waals surface area contributed by atoms with Crippen LogP contribution in [-0.2, 0) is 13.6 Å². The lowest BCUT2D eigenvalue weighted by Gasteiger charge is -2.16. The number of benzene rings is 1. The summed E-state index contributed by atoms with van der Waals surface area (Å²) in [5, 5.41) is 4.66. The van der Waals surface area contributed by atoms with E-state index in [1.165, 1.54) is 11.1 Å². The van der Waals surface area contributed by atoms with Gasteiger partial charge in [0.05, 0.1) is 5.69 Å². The number of pyridine rings is 1. The van der Waals surface area contributed by atoms with Crippen LogP contribution in [0.2, 0.25) is 0 Å².